The van der Waals surface area contributed by atoms with E-state index in [9.17, 15) is 9.18 Å². The number of rotatable bonds is 7. The summed E-state index contributed by atoms with van der Waals surface area (Å²) in [4.78, 5) is 11.8. The fourth-order valence-corrected chi connectivity index (χ4v) is 2.35. The second kappa shape index (κ2) is 8.01. The van der Waals surface area contributed by atoms with E-state index in [0.717, 1.165) is 17.9 Å². The van der Waals surface area contributed by atoms with Crippen molar-refractivity contribution in [1.82, 2.24) is 5.32 Å². The number of carbonyl (C=O) groups excluding carboxylic acids is 1. The third-order valence-electron chi connectivity index (χ3n) is 2.50. The molecule has 0 radical (unpaired) electrons. The highest BCUT2D eigenvalue weighted by atomic mass is 32.2. The quantitative estimate of drug-likeness (QED) is 0.525. The molecule has 0 aliphatic rings. The SMILES string of the molecule is Cc1cc(N)cc(C(=O)NCCSCCCO)c1F. The predicted molar refractivity (Wildman–Crippen MR) is 76.9 cm³/mol. The highest BCUT2D eigenvalue weighted by Gasteiger charge is 2.14. The molecule has 0 atom stereocenters. The molecule has 19 heavy (non-hydrogen) atoms. The number of carbonyl (C=O) groups is 1. The Morgan fingerprint density at radius 2 is 2.21 bits per heavy atom. The average molecular weight is 286 g/mol. The molecule has 0 aromatic heterocycles. The molecule has 0 fully saturated rings. The molecule has 1 amide bonds. The summed E-state index contributed by atoms with van der Waals surface area (Å²) in [6.07, 6.45) is 0.738. The summed E-state index contributed by atoms with van der Waals surface area (Å²) in [5, 5.41) is 11.3. The smallest absolute Gasteiger partial charge is 0.254 e. The van der Waals surface area contributed by atoms with Gasteiger partial charge >= 0.3 is 0 Å². The highest BCUT2D eigenvalue weighted by Crippen LogP contribution is 2.16. The summed E-state index contributed by atoms with van der Waals surface area (Å²) in [6.45, 7) is 2.21. The van der Waals surface area contributed by atoms with E-state index in [1.54, 1.807) is 18.7 Å². The zero-order valence-corrected chi connectivity index (χ0v) is 11.7. The molecule has 1 rings (SSSR count). The zero-order valence-electron chi connectivity index (χ0n) is 10.9. The van der Waals surface area contributed by atoms with Crippen LogP contribution in [0.5, 0.6) is 0 Å². The zero-order chi connectivity index (χ0) is 14.3. The number of hydrogen-bond acceptors (Lipinski definition) is 4. The van der Waals surface area contributed by atoms with Crippen LogP contribution in [-0.4, -0.2) is 35.7 Å². The summed E-state index contributed by atoms with van der Waals surface area (Å²) in [7, 11) is 0. The molecule has 1 aromatic rings. The van der Waals surface area contributed by atoms with Crippen LogP contribution >= 0.6 is 11.8 Å². The Balaban J connectivity index is 2.46. The molecule has 1 aromatic carbocycles. The fourth-order valence-electron chi connectivity index (χ4n) is 1.56. The first-order chi connectivity index (χ1) is 9.06. The van der Waals surface area contributed by atoms with E-state index >= 15 is 0 Å². The molecular weight excluding hydrogens is 267 g/mol. The number of aliphatic hydroxyl groups excluding tert-OH is 1. The predicted octanol–water partition coefficient (Wildman–Crippen LogP) is 1.56. The van der Waals surface area contributed by atoms with Gasteiger partial charge in [-0.1, -0.05) is 0 Å². The minimum absolute atomic E-state index is 0.0159. The van der Waals surface area contributed by atoms with Crippen LogP contribution in [0, 0.1) is 12.7 Å². The molecule has 0 saturated heterocycles. The van der Waals surface area contributed by atoms with E-state index in [0.29, 0.717) is 17.8 Å². The van der Waals surface area contributed by atoms with Crippen LogP contribution in [0.4, 0.5) is 10.1 Å². The van der Waals surface area contributed by atoms with Crippen LogP contribution in [0.1, 0.15) is 22.3 Å². The average Bonchev–Trinajstić information content (AvgIpc) is 2.37. The van der Waals surface area contributed by atoms with Gasteiger partial charge in [0.25, 0.3) is 5.91 Å². The number of nitrogens with two attached hydrogens (primary N) is 1. The van der Waals surface area contributed by atoms with E-state index in [2.05, 4.69) is 5.32 Å². The van der Waals surface area contributed by atoms with Crippen LogP contribution in [0.2, 0.25) is 0 Å². The van der Waals surface area contributed by atoms with Crippen LogP contribution in [0.15, 0.2) is 12.1 Å². The van der Waals surface area contributed by atoms with Crippen LogP contribution in [-0.2, 0) is 0 Å². The monoisotopic (exact) mass is 286 g/mol. The molecule has 0 bridgehead atoms. The standard InChI is InChI=1S/C13H19FN2O2S/c1-9-7-10(15)8-11(12(9)14)13(18)16-3-6-19-5-2-4-17/h7-8,17H,2-6,15H2,1H3,(H,16,18). The Labute approximate surface area is 116 Å². The van der Waals surface area contributed by atoms with Crippen molar-refractivity contribution < 1.29 is 14.3 Å². The Morgan fingerprint density at radius 3 is 2.89 bits per heavy atom. The molecular formula is C13H19FN2O2S. The lowest BCUT2D eigenvalue weighted by atomic mass is 10.1. The van der Waals surface area contributed by atoms with Crippen molar-refractivity contribution in [1.29, 1.82) is 0 Å². The van der Waals surface area contributed by atoms with Gasteiger partial charge in [0.15, 0.2) is 0 Å². The number of hydrogen-bond donors (Lipinski definition) is 3. The number of amides is 1. The molecule has 0 aliphatic carbocycles. The normalized spacial score (nSPS) is 10.5. The Morgan fingerprint density at radius 1 is 1.47 bits per heavy atom. The lowest BCUT2D eigenvalue weighted by molar-refractivity contribution is 0.0952. The van der Waals surface area contributed by atoms with E-state index in [1.165, 1.54) is 12.1 Å². The Kier molecular flexibility index (Phi) is 6.66. The minimum Gasteiger partial charge on any atom is -0.399 e. The van der Waals surface area contributed by atoms with Crippen LogP contribution < -0.4 is 11.1 Å². The topological polar surface area (TPSA) is 75.4 Å². The third-order valence-corrected chi connectivity index (χ3v) is 3.57. The van der Waals surface area contributed by atoms with Gasteiger partial charge in [0, 0.05) is 24.6 Å². The molecule has 0 aliphatic heterocycles. The summed E-state index contributed by atoms with van der Waals surface area (Å²) in [5.74, 6) is 0.600. The summed E-state index contributed by atoms with van der Waals surface area (Å²) in [6, 6.07) is 2.84. The van der Waals surface area contributed by atoms with Gasteiger partial charge in [-0.3, -0.25) is 4.79 Å². The number of aryl methyl sites for hydroxylation is 1. The lowest BCUT2D eigenvalue weighted by Gasteiger charge is -2.08. The van der Waals surface area contributed by atoms with Crippen molar-refractivity contribution in [3.63, 3.8) is 0 Å². The number of anilines is 1. The number of nitrogens with one attached hydrogen (secondary N) is 1. The van der Waals surface area contributed by atoms with Gasteiger partial charge in [-0.2, -0.15) is 11.8 Å². The van der Waals surface area contributed by atoms with Gasteiger partial charge in [0.2, 0.25) is 0 Å². The summed E-state index contributed by atoms with van der Waals surface area (Å²) in [5.41, 5.74) is 6.33. The Hall–Kier alpha value is -1.27. The second-order valence-corrected chi connectivity index (χ2v) is 5.37. The van der Waals surface area contributed by atoms with Crippen LogP contribution in [0.25, 0.3) is 0 Å². The molecule has 0 saturated carbocycles. The van der Waals surface area contributed by atoms with Crippen molar-refractivity contribution in [3.05, 3.63) is 29.1 Å². The van der Waals surface area contributed by atoms with Gasteiger partial charge in [-0.15, -0.1) is 0 Å². The molecule has 0 spiro atoms. The molecule has 4 N–H and O–H groups in total. The number of thioether (sulfide) groups is 1. The largest absolute Gasteiger partial charge is 0.399 e. The summed E-state index contributed by atoms with van der Waals surface area (Å²) < 4.78 is 13.8. The third kappa shape index (κ3) is 5.08. The van der Waals surface area contributed by atoms with Crippen molar-refractivity contribution in [3.8, 4) is 0 Å². The van der Waals surface area contributed by atoms with E-state index in [-0.39, 0.29) is 12.2 Å². The van der Waals surface area contributed by atoms with Gasteiger partial charge in [0.05, 0.1) is 5.56 Å². The first-order valence-electron chi connectivity index (χ1n) is 6.08. The minimum atomic E-state index is -0.528. The fraction of sp³-hybridized carbons (Fsp3) is 0.462. The molecule has 6 heteroatoms. The van der Waals surface area contributed by atoms with Gasteiger partial charge < -0.3 is 16.2 Å². The molecule has 4 nitrogen and oxygen atoms in total. The van der Waals surface area contributed by atoms with Crippen molar-refractivity contribution in [2.75, 3.05) is 30.4 Å². The van der Waals surface area contributed by atoms with E-state index in [4.69, 9.17) is 10.8 Å². The summed E-state index contributed by atoms with van der Waals surface area (Å²) >= 11 is 1.63. The Bertz CT molecular complexity index is 441. The number of nitrogen functional groups attached to an aromatic ring is 1. The van der Waals surface area contributed by atoms with Gasteiger partial charge in [-0.25, -0.2) is 4.39 Å². The lowest BCUT2D eigenvalue weighted by Crippen LogP contribution is -2.27. The number of benzene rings is 1. The first-order valence-corrected chi connectivity index (χ1v) is 7.24. The van der Waals surface area contributed by atoms with Crippen LogP contribution in [0.3, 0.4) is 0 Å². The van der Waals surface area contributed by atoms with E-state index < -0.39 is 11.7 Å². The first kappa shape index (κ1) is 15.8. The van der Waals surface area contributed by atoms with Gasteiger partial charge in [0.1, 0.15) is 5.82 Å². The van der Waals surface area contributed by atoms with Crippen molar-refractivity contribution >= 4 is 23.4 Å². The molecule has 106 valence electrons. The second-order valence-electron chi connectivity index (χ2n) is 4.14. The van der Waals surface area contributed by atoms with E-state index in [1.807, 2.05) is 0 Å². The highest BCUT2D eigenvalue weighted by molar-refractivity contribution is 7.99. The number of halogens is 1. The maximum atomic E-state index is 13.8. The van der Waals surface area contributed by atoms with Gasteiger partial charge in [-0.05, 0) is 36.8 Å². The maximum Gasteiger partial charge on any atom is 0.254 e. The van der Waals surface area contributed by atoms with Crippen molar-refractivity contribution in [2.45, 2.75) is 13.3 Å². The number of aliphatic hydroxyl groups is 1. The maximum absolute atomic E-state index is 13.8. The molecule has 0 unspecified atom stereocenters. The molecule has 0 heterocycles. The van der Waals surface area contributed by atoms with Crippen molar-refractivity contribution in [2.24, 2.45) is 0 Å².